The number of benzene rings is 4. The third kappa shape index (κ3) is 1.94. The molecule has 8 rings (SSSR count). The lowest BCUT2D eigenvalue weighted by Crippen LogP contribution is -2.29. The standard InChI is InChI=1S/C28H20N2/c1-15-11-12-16(2)22-14-24-23(13-21(15)22)29-27-25-17-7-3-5-9-19(17)26(28(27)30-24)20-10-6-4-8-18(20)25/h3-14,25-26H,1-2H3. The van der Waals surface area contributed by atoms with Crippen molar-refractivity contribution in [3.63, 3.8) is 0 Å². The number of aryl methyl sites for hydroxylation is 2. The van der Waals surface area contributed by atoms with Crippen LogP contribution in [0, 0.1) is 13.8 Å². The predicted molar refractivity (Wildman–Crippen MR) is 121 cm³/mol. The van der Waals surface area contributed by atoms with Crippen LogP contribution in [0.25, 0.3) is 21.8 Å². The van der Waals surface area contributed by atoms with E-state index in [1.807, 2.05) is 0 Å². The average molecular weight is 384 g/mol. The van der Waals surface area contributed by atoms with Gasteiger partial charge in [0.2, 0.25) is 0 Å². The first kappa shape index (κ1) is 16.3. The van der Waals surface area contributed by atoms with Crippen LogP contribution in [0.1, 0.15) is 56.6 Å². The third-order valence-electron chi connectivity index (χ3n) is 7.07. The van der Waals surface area contributed by atoms with Gasteiger partial charge in [-0.25, -0.2) is 9.97 Å². The molecule has 5 aromatic rings. The molecule has 0 saturated carbocycles. The average Bonchev–Trinajstić information content (AvgIpc) is 2.79. The van der Waals surface area contributed by atoms with Crippen LogP contribution < -0.4 is 0 Å². The Bertz CT molecular complexity index is 1370. The van der Waals surface area contributed by atoms with Crippen molar-refractivity contribution < 1.29 is 0 Å². The zero-order chi connectivity index (χ0) is 20.0. The van der Waals surface area contributed by atoms with Crippen molar-refractivity contribution in [1.82, 2.24) is 9.97 Å². The maximum Gasteiger partial charge on any atom is 0.0897 e. The lowest BCUT2D eigenvalue weighted by molar-refractivity contribution is 0.709. The Morgan fingerprint density at radius 2 is 0.900 bits per heavy atom. The molecule has 0 fully saturated rings. The summed E-state index contributed by atoms with van der Waals surface area (Å²) in [4.78, 5) is 10.5. The molecule has 0 saturated heterocycles. The molecule has 142 valence electrons. The summed E-state index contributed by atoms with van der Waals surface area (Å²) in [5.41, 5.74) is 12.4. The van der Waals surface area contributed by atoms with E-state index in [1.54, 1.807) is 0 Å². The largest absolute Gasteiger partial charge is 0.248 e. The predicted octanol–water partition coefficient (Wildman–Crippen LogP) is 6.39. The van der Waals surface area contributed by atoms with Crippen LogP contribution in [0.2, 0.25) is 0 Å². The van der Waals surface area contributed by atoms with Gasteiger partial charge < -0.3 is 0 Å². The smallest absolute Gasteiger partial charge is 0.0897 e. The van der Waals surface area contributed by atoms with Gasteiger partial charge in [-0.15, -0.1) is 0 Å². The summed E-state index contributed by atoms with van der Waals surface area (Å²) in [5, 5.41) is 2.55. The first-order valence-electron chi connectivity index (χ1n) is 10.6. The molecule has 1 aromatic heterocycles. The molecule has 2 heteroatoms. The summed E-state index contributed by atoms with van der Waals surface area (Å²) in [6.45, 7) is 4.35. The molecular weight excluding hydrogens is 364 g/mol. The van der Waals surface area contributed by atoms with Gasteiger partial charge in [0.25, 0.3) is 0 Å². The Balaban J connectivity index is 1.59. The maximum absolute atomic E-state index is 5.25. The molecule has 0 spiro atoms. The van der Waals surface area contributed by atoms with E-state index < -0.39 is 0 Å². The van der Waals surface area contributed by atoms with E-state index >= 15 is 0 Å². The number of fused-ring (bicyclic) bond motifs is 2. The fraction of sp³-hybridized carbons (Fsp3) is 0.143. The van der Waals surface area contributed by atoms with Crippen molar-refractivity contribution in [3.8, 4) is 0 Å². The first-order valence-corrected chi connectivity index (χ1v) is 10.6. The molecule has 2 bridgehead atoms. The molecule has 30 heavy (non-hydrogen) atoms. The van der Waals surface area contributed by atoms with E-state index in [4.69, 9.17) is 9.97 Å². The Morgan fingerprint density at radius 1 is 0.533 bits per heavy atom. The van der Waals surface area contributed by atoms with Gasteiger partial charge in [0.15, 0.2) is 0 Å². The van der Waals surface area contributed by atoms with E-state index in [0.29, 0.717) is 0 Å². The highest BCUT2D eigenvalue weighted by Gasteiger charge is 2.43. The highest BCUT2D eigenvalue weighted by molar-refractivity contribution is 5.98. The number of aromatic nitrogens is 2. The van der Waals surface area contributed by atoms with E-state index in [1.165, 1.54) is 44.2 Å². The quantitative estimate of drug-likeness (QED) is 0.283. The summed E-state index contributed by atoms with van der Waals surface area (Å²) in [6.07, 6.45) is 0. The Morgan fingerprint density at radius 3 is 1.27 bits per heavy atom. The topological polar surface area (TPSA) is 25.8 Å². The van der Waals surface area contributed by atoms with Gasteiger partial charge in [0, 0.05) is 0 Å². The summed E-state index contributed by atoms with van der Waals surface area (Å²) in [5.74, 6) is 0.340. The second-order valence-electron chi connectivity index (χ2n) is 8.70. The van der Waals surface area contributed by atoms with Crippen molar-refractivity contribution in [3.05, 3.63) is 118 Å². The molecule has 3 aliphatic rings. The number of hydrogen-bond donors (Lipinski definition) is 0. The minimum absolute atomic E-state index is 0.170. The molecule has 0 aliphatic heterocycles. The molecular formula is C28H20N2. The van der Waals surface area contributed by atoms with Crippen LogP contribution in [-0.2, 0) is 0 Å². The number of nitrogens with zero attached hydrogens (tertiary/aromatic N) is 2. The monoisotopic (exact) mass is 384 g/mol. The van der Waals surface area contributed by atoms with E-state index in [-0.39, 0.29) is 11.8 Å². The lowest BCUT2D eigenvalue weighted by Gasteiger charge is -2.40. The second-order valence-corrected chi connectivity index (χ2v) is 8.70. The minimum atomic E-state index is 0.170. The van der Waals surface area contributed by atoms with Crippen LogP contribution >= 0.6 is 0 Å². The van der Waals surface area contributed by atoms with E-state index in [0.717, 1.165) is 22.4 Å². The van der Waals surface area contributed by atoms with Crippen molar-refractivity contribution in [1.29, 1.82) is 0 Å². The zero-order valence-electron chi connectivity index (χ0n) is 17.0. The summed E-state index contributed by atoms with van der Waals surface area (Å²) in [6, 6.07) is 26.5. The summed E-state index contributed by atoms with van der Waals surface area (Å²) in [7, 11) is 0. The zero-order valence-corrected chi connectivity index (χ0v) is 17.0. The summed E-state index contributed by atoms with van der Waals surface area (Å²) < 4.78 is 0. The Hall–Kier alpha value is -3.52. The van der Waals surface area contributed by atoms with Crippen LogP contribution in [0.3, 0.4) is 0 Å². The van der Waals surface area contributed by atoms with E-state index in [9.17, 15) is 0 Å². The van der Waals surface area contributed by atoms with Crippen LogP contribution in [0.4, 0.5) is 0 Å². The molecule has 0 unspecified atom stereocenters. The van der Waals surface area contributed by atoms with Crippen molar-refractivity contribution in [2.24, 2.45) is 0 Å². The molecule has 3 aliphatic carbocycles. The van der Waals surface area contributed by atoms with Gasteiger partial charge in [-0.1, -0.05) is 60.7 Å². The summed E-state index contributed by atoms with van der Waals surface area (Å²) >= 11 is 0. The molecule has 0 radical (unpaired) electrons. The number of rotatable bonds is 0. The maximum atomic E-state index is 5.25. The second kappa shape index (κ2) is 5.54. The van der Waals surface area contributed by atoms with Crippen molar-refractivity contribution in [2.75, 3.05) is 0 Å². The normalized spacial score (nSPS) is 18.3. The first-order chi connectivity index (χ1) is 14.7. The van der Waals surface area contributed by atoms with Crippen molar-refractivity contribution in [2.45, 2.75) is 25.7 Å². The Kier molecular flexibility index (Phi) is 3.01. The third-order valence-corrected chi connectivity index (χ3v) is 7.07. The highest BCUT2D eigenvalue weighted by Crippen LogP contribution is 2.54. The van der Waals surface area contributed by atoms with Gasteiger partial charge in [-0.05, 0) is 70.1 Å². The highest BCUT2D eigenvalue weighted by atomic mass is 14.9. The molecule has 0 amide bonds. The minimum Gasteiger partial charge on any atom is -0.248 e. The fourth-order valence-corrected chi connectivity index (χ4v) is 5.63. The van der Waals surface area contributed by atoms with Gasteiger partial charge in [-0.3, -0.25) is 0 Å². The SMILES string of the molecule is Cc1ccc(C)c2cc3nc4c(nc3cc12)C1c2ccccc2C4c2ccccc21. The van der Waals surface area contributed by atoms with Crippen LogP contribution in [-0.4, -0.2) is 9.97 Å². The van der Waals surface area contributed by atoms with Crippen molar-refractivity contribution >= 4 is 21.8 Å². The molecule has 0 atom stereocenters. The van der Waals surface area contributed by atoms with Gasteiger partial charge in [0.05, 0.1) is 34.3 Å². The van der Waals surface area contributed by atoms with Crippen LogP contribution in [0.5, 0.6) is 0 Å². The molecule has 1 heterocycles. The van der Waals surface area contributed by atoms with Gasteiger partial charge in [0.1, 0.15) is 0 Å². The van der Waals surface area contributed by atoms with E-state index in [2.05, 4.69) is 86.6 Å². The molecule has 2 nitrogen and oxygen atoms in total. The molecule has 0 N–H and O–H groups in total. The van der Waals surface area contributed by atoms with Gasteiger partial charge >= 0.3 is 0 Å². The van der Waals surface area contributed by atoms with Crippen LogP contribution in [0.15, 0.2) is 72.8 Å². The molecule has 4 aromatic carbocycles. The lowest BCUT2D eigenvalue weighted by atomic mass is 9.64. The van der Waals surface area contributed by atoms with Gasteiger partial charge in [-0.2, -0.15) is 0 Å². The fourth-order valence-electron chi connectivity index (χ4n) is 5.63. The Labute approximate surface area is 175 Å². The number of hydrogen-bond acceptors (Lipinski definition) is 2.